The van der Waals surface area contributed by atoms with Gasteiger partial charge in [0.1, 0.15) is 5.69 Å². The van der Waals surface area contributed by atoms with Gasteiger partial charge in [0, 0.05) is 32.0 Å². The fraction of sp³-hybridized carbons (Fsp3) is 0.292. The van der Waals surface area contributed by atoms with Crippen molar-refractivity contribution in [1.82, 2.24) is 25.6 Å². The standard InChI is InChI=1S/C24H24N6O3S/c31-22-21(34-24(32)29-22)12-18-5-8-26-23(28-18)30-9-6-16(7-10-30)13-25-14-17-3-4-19(27-15-17)20-2-1-11-33-20/h1-5,8,11-12,15-16,25H,6-7,9-10,13-14H2,(H,29,31,32). The fourth-order valence-electron chi connectivity index (χ4n) is 4.01. The Morgan fingerprint density at radius 3 is 2.76 bits per heavy atom. The number of carbonyl (C=O) groups is 2. The molecule has 0 aliphatic carbocycles. The zero-order chi connectivity index (χ0) is 23.3. The van der Waals surface area contributed by atoms with Crippen molar-refractivity contribution in [3.05, 3.63) is 65.2 Å². The van der Waals surface area contributed by atoms with Crippen molar-refractivity contribution in [3.8, 4) is 11.5 Å². The summed E-state index contributed by atoms with van der Waals surface area (Å²) in [6.07, 6.45) is 8.94. The lowest BCUT2D eigenvalue weighted by Crippen LogP contribution is -2.38. The van der Waals surface area contributed by atoms with Crippen molar-refractivity contribution in [1.29, 1.82) is 0 Å². The maximum atomic E-state index is 11.8. The molecule has 3 aromatic rings. The van der Waals surface area contributed by atoms with Gasteiger partial charge in [-0.3, -0.25) is 19.9 Å². The van der Waals surface area contributed by atoms with Crippen molar-refractivity contribution in [3.63, 3.8) is 0 Å². The average molecular weight is 477 g/mol. The molecule has 9 nitrogen and oxygen atoms in total. The van der Waals surface area contributed by atoms with Gasteiger partial charge < -0.3 is 14.6 Å². The lowest BCUT2D eigenvalue weighted by Gasteiger charge is -2.32. The van der Waals surface area contributed by atoms with E-state index in [4.69, 9.17) is 4.42 Å². The molecule has 0 bridgehead atoms. The van der Waals surface area contributed by atoms with Gasteiger partial charge in [-0.2, -0.15) is 0 Å². The second-order valence-electron chi connectivity index (χ2n) is 8.22. The van der Waals surface area contributed by atoms with Crippen LogP contribution >= 0.6 is 11.8 Å². The first-order valence-corrected chi connectivity index (χ1v) is 12.0. The number of imide groups is 1. The molecule has 0 aromatic carbocycles. The van der Waals surface area contributed by atoms with Crippen LogP contribution in [0.5, 0.6) is 0 Å². The summed E-state index contributed by atoms with van der Waals surface area (Å²) in [5, 5.41) is 5.45. The first kappa shape index (κ1) is 22.3. The second kappa shape index (κ2) is 10.2. The Balaban J connectivity index is 1.09. The topological polar surface area (TPSA) is 113 Å². The van der Waals surface area contributed by atoms with E-state index in [9.17, 15) is 9.59 Å². The highest BCUT2D eigenvalue weighted by Crippen LogP contribution is 2.26. The van der Waals surface area contributed by atoms with Crippen LogP contribution in [0, 0.1) is 5.92 Å². The van der Waals surface area contributed by atoms with Crippen molar-refractivity contribution < 1.29 is 14.0 Å². The molecule has 5 rings (SSSR count). The smallest absolute Gasteiger partial charge is 0.290 e. The highest BCUT2D eigenvalue weighted by atomic mass is 32.2. The van der Waals surface area contributed by atoms with Crippen molar-refractivity contribution in [2.75, 3.05) is 24.5 Å². The first-order chi connectivity index (χ1) is 16.6. The van der Waals surface area contributed by atoms with Crippen molar-refractivity contribution in [2.45, 2.75) is 19.4 Å². The van der Waals surface area contributed by atoms with Crippen LogP contribution < -0.4 is 15.5 Å². The molecule has 2 fully saturated rings. The predicted octanol–water partition coefficient (Wildman–Crippen LogP) is 3.46. The third-order valence-electron chi connectivity index (χ3n) is 5.84. The molecular weight excluding hydrogens is 452 g/mol. The number of anilines is 1. The van der Waals surface area contributed by atoms with E-state index in [1.54, 1.807) is 24.6 Å². The zero-order valence-corrected chi connectivity index (χ0v) is 19.3. The number of hydrogen-bond acceptors (Lipinski definition) is 9. The van der Waals surface area contributed by atoms with Crippen LogP contribution in [0.25, 0.3) is 17.5 Å². The van der Waals surface area contributed by atoms with Crippen molar-refractivity contribution in [2.24, 2.45) is 5.92 Å². The van der Waals surface area contributed by atoms with E-state index in [0.717, 1.165) is 67.8 Å². The molecule has 2 aliphatic rings. The van der Waals surface area contributed by atoms with Gasteiger partial charge in [-0.05, 0) is 73.0 Å². The van der Waals surface area contributed by atoms with Gasteiger partial charge in [0.15, 0.2) is 5.76 Å². The molecule has 0 unspecified atom stereocenters. The van der Waals surface area contributed by atoms with E-state index >= 15 is 0 Å². The van der Waals surface area contributed by atoms with Crippen LogP contribution in [0.1, 0.15) is 24.1 Å². The summed E-state index contributed by atoms with van der Waals surface area (Å²) in [5.41, 5.74) is 2.60. The molecule has 34 heavy (non-hydrogen) atoms. The van der Waals surface area contributed by atoms with Gasteiger partial charge in [0.2, 0.25) is 5.95 Å². The van der Waals surface area contributed by atoms with Gasteiger partial charge in [-0.15, -0.1) is 0 Å². The molecule has 2 aliphatic heterocycles. The van der Waals surface area contributed by atoms with Gasteiger partial charge >= 0.3 is 0 Å². The Morgan fingerprint density at radius 2 is 2.06 bits per heavy atom. The Kier molecular flexibility index (Phi) is 6.68. The summed E-state index contributed by atoms with van der Waals surface area (Å²) in [5.74, 6) is 1.63. The number of carbonyl (C=O) groups excluding carboxylic acids is 2. The van der Waals surface area contributed by atoms with Gasteiger partial charge in [0.05, 0.1) is 16.9 Å². The maximum absolute atomic E-state index is 11.8. The summed E-state index contributed by atoms with van der Waals surface area (Å²) in [6, 6.07) is 9.55. The Bertz CT molecular complexity index is 1190. The number of furan rings is 1. The molecule has 10 heteroatoms. The number of aromatic nitrogens is 3. The number of hydrogen-bond donors (Lipinski definition) is 2. The van der Waals surface area contributed by atoms with Crippen LogP contribution in [-0.4, -0.2) is 45.7 Å². The summed E-state index contributed by atoms with van der Waals surface area (Å²) < 4.78 is 5.38. The van der Waals surface area contributed by atoms with Crippen LogP contribution in [0.4, 0.5) is 10.7 Å². The summed E-state index contributed by atoms with van der Waals surface area (Å²) in [4.78, 5) is 39.1. The molecule has 2 N–H and O–H groups in total. The van der Waals surface area contributed by atoms with E-state index in [-0.39, 0.29) is 11.1 Å². The monoisotopic (exact) mass is 476 g/mol. The third kappa shape index (κ3) is 5.35. The lowest BCUT2D eigenvalue weighted by atomic mass is 9.97. The number of rotatable bonds is 7. The number of thioether (sulfide) groups is 1. The molecule has 0 saturated carbocycles. The molecule has 3 aromatic heterocycles. The Hall–Kier alpha value is -3.50. The molecule has 2 amide bonds. The number of amides is 2. The van der Waals surface area contributed by atoms with Gasteiger partial charge in [0.25, 0.3) is 11.1 Å². The quantitative estimate of drug-likeness (QED) is 0.495. The number of nitrogens with zero attached hydrogens (tertiary/aromatic N) is 4. The fourth-order valence-corrected chi connectivity index (χ4v) is 4.67. The van der Waals surface area contributed by atoms with Crippen molar-refractivity contribution >= 4 is 34.9 Å². The minimum Gasteiger partial charge on any atom is -0.463 e. The highest BCUT2D eigenvalue weighted by molar-refractivity contribution is 8.18. The highest BCUT2D eigenvalue weighted by Gasteiger charge is 2.25. The molecule has 2 saturated heterocycles. The van der Waals surface area contributed by atoms with E-state index < -0.39 is 0 Å². The summed E-state index contributed by atoms with van der Waals surface area (Å²) in [6.45, 7) is 3.47. The van der Waals surface area contributed by atoms with E-state index in [1.807, 2.05) is 24.4 Å². The van der Waals surface area contributed by atoms with Crippen LogP contribution in [0.15, 0.2) is 58.3 Å². The minimum absolute atomic E-state index is 0.352. The lowest BCUT2D eigenvalue weighted by molar-refractivity contribution is -0.115. The van der Waals surface area contributed by atoms with Crippen LogP contribution in [0.3, 0.4) is 0 Å². The second-order valence-corrected chi connectivity index (χ2v) is 9.24. The third-order valence-corrected chi connectivity index (χ3v) is 6.65. The van der Waals surface area contributed by atoms with Crippen LogP contribution in [-0.2, 0) is 11.3 Å². The number of piperidine rings is 1. The van der Waals surface area contributed by atoms with Gasteiger partial charge in [-0.25, -0.2) is 9.97 Å². The molecule has 0 atom stereocenters. The summed E-state index contributed by atoms with van der Waals surface area (Å²) in [7, 11) is 0. The largest absolute Gasteiger partial charge is 0.463 e. The minimum atomic E-state index is -0.382. The number of nitrogens with one attached hydrogen (secondary N) is 2. The van der Waals surface area contributed by atoms with E-state index in [0.29, 0.717) is 22.5 Å². The van der Waals surface area contributed by atoms with E-state index in [1.165, 1.54) is 0 Å². The Labute approximate surface area is 201 Å². The SMILES string of the molecule is O=C1NC(=O)C(=Cc2ccnc(N3CCC(CNCc4ccc(-c5ccco5)nc4)CC3)n2)S1. The Morgan fingerprint density at radius 1 is 1.18 bits per heavy atom. The first-order valence-electron chi connectivity index (χ1n) is 11.2. The molecule has 5 heterocycles. The molecular formula is C24H24N6O3S. The van der Waals surface area contributed by atoms with Crippen LogP contribution in [0.2, 0.25) is 0 Å². The predicted molar refractivity (Wildman–Crippen MR) is 130 cm³/mol. The van der Waals surface area contributed by atoms with E-state index in [2.05, 4.69) is 36.6 Å². The number of pyridine rings is 1. The molecule has 0 spiro atoms. The molecule has 0 radical (unpaired) electrons. The average Bonchev–Trinajstić information content (AvgIpc) is 3.50. The molecule has 174 valence electrons. The normalized spacial score (nSPS) is 18.0. The maximum Gasteiger partial charge on any atom is 0.290 e. The summed E-state index contributed by atoms with van der Waals surface area (Å²) >= 11 is 0.889. The van der Waals surface area contributed by atoms with Gasteiger partial charge in [-0.1, -0.05) is 6.07 Å². The zero-order valence-electron chi connectivity index (χ0n) is 18.4.